The van der Waals surface area contributed by atoms with E-state index in [4.69, 9.17) is 9.47 Å². The second-order valence-electron chi connectivity index (χ2n) is 7.10. The maximum Gasteiger partial charge on any atom is 0.260 e. The highest BCUT2D eigenvalue weighted by atomic mass is 16.5. The van der Waals surface area contributed by atoms with Crippen molar-refractivity contribution in [2.45, 2.75) is 40.7 Å². The first-order valence-corrected chi connectivity index (χ1v) is 10.6. The topological polar surface area (TPSA) is 70.7 Å². The highest BCUT2D eigenvalue weighted by molar-refractivity contribution is 5.78. The summed E-state index contributed by atoms with van der Waals surface area (Å²) in [6.45, 7) is 12.9. The Morgan fingerprint density at radius 1 is 1.17 bits per heavy atom. The molecule has 1 amide bonds. The molecule has 1 aliphatic rings. The summed E-state index contributed by atoms with van der Waals surface area (Å²) >= 11 is 0. The van der Waals surface area contributed by atoms with E-state index in [9.17, 15) is 4.79 Å². The molecule has 2 aromatic rings. The van der Waals surface area contributed by atoms with Crippen molar-refractivity contribution in [3.05, 3.63) is 29.5 Å². The van der Waals surface area contributed by atoms with Crippen LogP contribution in [-0.2, 0) is 17.8 Å². The molecule has 1 N–H and O–H groups in total. The third-order valence-corrected chi connectivity index (χ3v) is 5.44. The van der Waals surface area contributed by atoms with Crippen LogP contribution in [0.5, 0.6) is 11.5 Å². The van der Waals surface area contributed by atoms with Gasteiger partial charge in [-0.05, 0) is 45.5 Å². The molecule has 1 aromatic carbocycles. The van der Waals surface area contributed by atoms with Crippen LogP contribution in [-0.4, -0.2) is 65.3 Å². The summed E-state index contributed by atoms with van der Waals surface area (Å²) in [5.41, 5.74) is 4.43. The molecule has 0 radical (unpaired) electrons. The third-order valence-electron chi connectivity index (χ3n) is 5.44. The molecule has 7 nitrogen and oxygen atoms in total. The van der Waals surface area contributed by atoms with E-state index < -0.39 is 0 Å². The van der Waals surface area contributed by atoms with Gasteiger partial charge in [0.25, 0.3) is 5.91 Å². The van der Waals surface area contributed by atoms with Crippen LogP contribution < -0.4 is 9.47 Å². The Balaban J connectivity index is 1.82. The minimum absolute atomic E-state index is 0.00433. The molecular formula is C22H32N4O3. The molecule has 0 spiro atoms. The van der Waals surface area contributed by atoms with Crippen molar-refractivity contribution in [2.75, 3.05) is 39.4 Å². The summed E-state index contributed by atoms with van der Waals surface area (Å²) in [6, 6.07) is 5.82. The number of rotatable bonds is 9. The predicted molar refractivity (Wildman–Crippen MR) is 113 cm³/mol. The smallest absolute Gasteiger partial charge is 0.260 e. The van der Waals surface area contributed by atoms with Crippen LogP contribution in [0.15, 0.2) is 18.2 Å². The number of likely N-dealkylation sites (N-methyl/N-ethyl adjacent to an activating group) is 2. The van der Waals surface area contributed by atoms with Gasteiger partial charge in [-0.15, -0.1) is 0 Å². The Morgan fingerprint density at radius 3 is 2.66 bits per heavy atom. The van der Waals surface area contributed by atoms with Crippen molar-refractivity contribution in [2.24, 2.45) is 0 Å². The quantitative estimate of drug-likeness (QED) is 0.700. The van der Waals surface area contributed by atoms with Crippen LogP contribution in [0.4, 0.5) is 0 Å². The van der Waals surface area contributed by atoms with E-state index in [2.05, 4.69) is 22.0 Å². The molecular weight excluding hydrogens is 368 g/mol. The molecule has 0 fully saturated rings. The van der Waals surface area contributed by atoms with E-state index in [0.717, 1.165) is 37.3 Å². The minimum Gasteiger partial charge on any atom is -0.490 e. The van der Waals surface area contributed by atoms with Crippen LogP contribution in [0.1, 0.15) is 39.0 Å². The average Bonchev–Trinajstić information content (AvgIpc) is 3.17. The number of amides is 1. The normalized spacial score (nSPS) is 13.8. The Labute approximate surface area is 173 Å². The van der Waals surface area contributed by atoms with Crippen LogP contribution in [0, 0.1) is 0 Å². The molecule has 29 heavy (non-hydrogen) atoms. The number of aromatic nitrogens is 2. The molecule has 7 heteroatoms. The van der Waals surface area contributed by atoms with Crippen molar-refractivity contribution in [3.63, 3.8) is 0 Å². The molecule has 0 atom stereocenters. The fraction of sp³-hybridized carbons (Fsp3) is 0.545. The number of ether oxygens (including phenoxy) is 2. The Morgan fingerprint density at radius 2 is 1.97 bits per heavy atom. The fourth-order valence-corrected chi connectivity index (χ4v) is 3.71. The number of hydrogen-bond donors (Lipinski definition) is 1. The summed E-state index contributed by atoms with van der Waals surface area (Å²) in [5, 5.41) is 7.78. The van der Waals surface area contributed by atoms with Gasteiger partial charge in [-0.1, -0.05) is 6.92 Å². The lowest BCUT2D eigenvalue weighted by Gasteiger charge is -2.25. The van der Waals surface area contributed by atoms with Gasteiger partial charge in [0, 0.05) is 49.4 Å². The number of nitrogens with zero attached hydrogens (tertiary/aromatic N) is 3. The summed E-state index contributed by atoms with van der Waals surface area (Å²) < 4.78 is 11.6. The van der Waals surface area contributed by atoms with Gasteiger partial charge in [-0.3, -0.25) is 14.8 Å². The zero-order valence-corrected chi connectivity index (χ0v) is 18.0. The Kier molecular flexibility index (Phi) is 7.14. The fourth-order valence-electron chi connectivity index (χ4n) is 3.71. The van der Waals surface area contributed by atoms with Crippen molar-refractivity contribution < 1.29 is 14.3 Å². The third kappa shape index (κ3) is 4.72. The molecule has 1 aliphatic heterocycles. The number of nitrogens with one attached hydrogen (secondary N) is 1. The number of aromatic amines is 1. The van der Waals surface area contributed by atoms with Gasteiger partial charge in [-0.2, -0.15) is 5.10 Å². The van der Waals surface area contributed by atoms with E-state index >= 15 is 0 Å². The molecule has 0 unspecified atom stereocenters. The first-order valence-electron chi connectivity index (χ1n) is 10.6. The van der Waals surface area contributed by atoms with Gasteiger partial charge in [0.05, 0.1) is 12.3 Å². The number of carbonyl (C=O) groups excluding carboxylic acids is 1. The molecule has 0 saturated heterocycles. The van der Waals surface area contributed by atoms with Gasteiger partial charge < -0.3 is 14.4 Å². The molecule has 0 saturated carbocycles. The van der Waals surface area contributed by atoms with Crippen LogP contribution >= 0.6 is 0 Å². The van der Waals surface area contributed by atoms with E-state index in [-0.39, 0.29) is 12.5 Å². The number of fused-ring (bicyclic) bond motifs is 1. The summed E-state index contributed by atoms with van der Waals surface area (Å²) in [7, 11) is 0. The second kappa shape index (κ2) is 9.78. The zero-order valence-electron chi connectivity index (χ0n) is 18.0. The number of carbonyl (C=O) groups is 1. The molecule has 158 valence electrons. The number of H-pyrrole nitrogens is 1. The summed E-state index contributed by atoms with van der Waals surface area (Å²) in [5.74, 6) is 1.19. The zero-order chi connectivity index (χ0) is 20.8. The van der Waals surface area contributed by atoms with Gasteiger partial charge >= 0.3 is 0 Å². The maximum atomic E-state index is 12.3. The van der Waals surface area contributed by atoms with Gasteiger partial charge in [0.2, 0.25) is 0 Å². The van der Waals surface area contributed by atoms with E-state index in [1.54, 1.807) is 4.90 Å². The Bertz CT molecular complexity index is 829. The van der Waals surface area contributed by atoms with Crippen molar-refractivity contribution in [1.82, 2.24) is 20.0 Å². The van der Waals surface area contributed by atoms with Gasteiger partial charge in [0.15, 0.2) is 18.1 Å². The number of hydrogen-bond acceptors (Lipinski definition) is 5. The van der Waals surface area contributed by atoms with Crippen LogP contribution in [0.3, 0.4) is 0 Å². The lowest BCUT2D eigenvalue weighted by Crippen LogP contribution is -2.34. The van der Waals surface area contributed by atoms with Crippen LogP contribution in [0.2, 0.25) is 0 Å². The van der Waals surface area contributed by atoms with E-state index in [0.29, 0.717) is 31.2 Å². The van der Waals surface area contributed by atoms with Gasteiger partial charge in [0.1, 0.15) is 0 Å². The molecule has 2 heterocycles. The van der Waals surface area contributed by atoms with Crippen LogP contribution in [0.25, 0.3) is 11.3 Å². The monoisotopic (exact) mass is 400 g/mol. The molecule has 0 bridgehead atoms. The Hall–Kier alpha value is -2.54. The predicted octanol–water partition coefficient (Wildman–Crippen LogP) is 3.10. The summed E-state index contributed by atoms with van der Waals surface area (Å²) in [4.78, 5) is 16.4. The largest absolute Gasteiger partial charge is 0.490 e. The van der Waals surface area contributed by atoms with E-state index in [1.807, 2.05) is 39.0 Å². The van der Waals surface area contributed by atoms with Gasteiger partial charge in [-0.25, -0.2) is 0 Å². The lowest BCUT2D eigenvalue weighted by molar-refractivity contribution is -0.132. The molecule has 3 rings (SSSR count). The maximum absolute atomic E-state index is 12.3. The highest BCUT2D eigenvalue weighted by Gasteiger charge is 2.23. The first kappa shape index (κ1) is 21.2. The second-order valence-corrected chi connectivity index (χ2v) is 7.10. The van der Waals surface area contributed by atoms with Crippen molar-refractivity contribution >= 4 is 5.91 Å². The minimum atomic E-state index is -0.0254. The standard InChI is InChI=1S/C22H32N4O3/c1-5-25-12-11-18-17(14-25)22(24-23-18)16-9-10-19(20(13-16)28-8-4)29-15-21(27)26(6-2)7-3/h9-10,13H,5-8,11-12,14-15H2,1-4H3,(H,23,24). The van der Waals surface area contributed by atoms with E-state index in [1.165, 1.54) is 11.3 Å². The molecule has 0 aliphatic carbocycles. The average molecular weight is 401 g/mol. The first-order chi connectivity index (χ1) is 14.1. The molecule has 1 aromatic heterocycles. The number of benzene rings is 1. The summed E-state index contributed by atoms with van der Waals surface area (Å²) in [6.07, 6.45) is 0.989. The SMILES string of the molecule is CCOc1cc(-c2n[nH]c3c2CN(CC)CC3)ccc1OCC(=O)N(CC)CC. The lowest BCUT2D eigenvalue weighted by atomic mass is 10.0. The van der Waals surface area contributed by atoms with Crippen molar-refractivity contribution in [3.8, 4) is 22.8 Å². The highest BCUT2D eigenvalue weighted by Crippen LogP contribution is 2.35. The van der Waals surface area contributed by atoms with Crippen molar-refractivity contribution in [1.29, 1.82) is 0 Å².